The van der Waals surface area contributed by atoms with E-state index in [9.17, 15) is 20.2 Å². The first-order valence-electron chi connectivity index (χ1n) is 10.7. The molecule has 12 heteroatoms. The van der Waals surface area contributed by atoms with Crippen molar-refractivity contribution in [1.29, 1.82) is 5.26 Å². The van der Waals surface area contributed by atoms with E-state index in [1.165, 1.54) is 18.2 Å². The van der Waals surface area contributed by atoms with Crippen molar-refractivity contribution >= 4 is 40.2 Å². The molecule has 1 atom stereocenters. The molecule has 10 nitrogen and oxygen atoms in total. The standard InChI is InChI=1S/C23H20ClN5O5S/c1-3-5-14-19(22(30)33-4-2)20(28-21(26)18(11-25)35-23(28)27-14)17-9-8-16(34-17)13-7-6-12(24)10-15(13)29(31)32/h6-10,20H,3-5,26H2,1-2H3/t20-/m0/s1. The number of amidine groups is 1. The third kappa shape index (κ3) is 4.38. The molecule has 0 saturated carbocycles. The van der Waals surface area contributed by atoms with Crippen molar-refractivity contribution in [3.8, 4) is 17.4 Å². The van der Waals surface area contributed by atoms with Gasteiger partial charge in [0.05, 0.1) is 28.4 Å². The van der Waals surface area contributed by atoms with Crippen molar-refractivity contribution in [2.24, 2.45) is 10.7 Å². The molecule has 0 amide bonds. The van der Waals surface area contributed by atoms with Crippen LogP contribution in [-0.4, -0.2) is 27.6 Å². The number of furan rings is 1. The number of hydrogen-bond acceptors (Lipinski definition) is 10. The fourth-order valence-corrected chi connectivity index (χ4v) is 4.97. The minimum atomic E-state index is -0.874. The molecule has 0 fully saturated rings. The molecule has 2 aliphatic heterocycles. The number of nitro benzene ring substituents is 1. The molecule has 2 N–H and O–H groups in total. The number of hydrogen-bond donors (Lipinski definition) is 1. The number of ether oxygens (including phenoxy) is 1. The van der Waals surface area contributed by atoms with E-state index in [-0.39, 0.29) is 50.7 Å². The van der Waals surface area contributed by atoms with Crippen LogP contribution in [0.15, 0.2) is 61.7 Å². The molecule has 0 radical (unpaired) electrons. The Labute approximate surface area is 209 Å². The quantitative estimate of drug-likeness (QED) is 0.298. The Kier molecular flexibility index (Phi) is 6.86. The number of carbonyl (C=O) groups is 1. The van der Waals surface area contributed by atoms with Crippen LogP contribution < -0.4 is 5.73 Å². The highest BCUT2D eigenvalue weighted by atomic mass is 35.5. The summed E-state index contributed by atoms with van der Waals surface area (Å²) >= 11 is 7.06. The van der Waals surface area contributed by atoms with Crippen LogP contribution in [0.25, 0.3) is 11.3 Å². The molecule has 0 spiro atoms. The molecule has 180 valence electrons. The summed E-state index contributed by atoms with van der Waals surface area (Å²) in [6, 6.07) is 8.64. The van der Waals surface area contributed by atoms with E-state index in [4.69, 9.17) is 26.5 Å². The number of thioether (sulfide) groups is 1. The van der Waals surface area contributed by atoms with Crippen LogP contribution in [0, 0.1) is 21.4 Å². The summed E-state index contributed by atoms with van der Waals surface area (Å²) in [5, 5.41) is 21.8. The van der Waals surface area contributed by atoms with Gasteiger partial charge < -0.3 is 14.9 Å². The monoisotopic (exact) mass is 513 g/mol. The first-order valence-corrected chi connectivity index (χ1v) is 11.9. The summed E-state index contributed by atoms with van der Waals surface area (Å²) in [7, 11) is 0. The molecule has 35 heavy (non-hydrogen) atoms. The number of esters is 1. The van der Waals surface area contributed by atoms with E-state index in [0.717, 1.165) is 11.8 Å². The van der Waals surface area contributed by atoms with Gasteiger partial charge in [-0.2, -0.15) is 5.26 Å². The molecular weight excluding hydrogens is 494 g/mol. The molecule has 1 aromatic carbocycles. The van der Waals surface area contributed by atoms with E-state index in [0.29, 0.717) is 23.7 Å². The molecule has 2 aromatic rings. The lowest BCUT2D eigenvalue weighted by Crippen LogP contribution is -2.38. The van der Waals surface area contributed by atoms with Crippen LogP contribution in [0.3, 0.4) is 0 Å². The van der Waals surface area contributed by atoms with Crippen LogP contribution in [0.4, 0.5) is 5.69 Å². The summed E-state index contributed by atoms with van der Waals surface area (Å²) in [5.41, 5.74) is 7.04. The van der Waals surface area contributed by atoms with Crippen LogP contribution in [0.5, 0.6) is 0 Å². The van der Waals surface area contributed by atoms with Crippen molar-refractivity contribution < 1.29 is 18.9 Å². The summed E-state index contributed by atoms with van der Waals surface area (Å²) in [5.74, 6) is 0.0510. The maximum atomic E-state index is 13.1. The normalized spacial score (nSPS) is 17.3. The Bertz CT molecular complexity index is 1360. The first-order chi connectivity index (χ1) is 16.8. The zero-order chi connectivity index (χ0) is 25.3. The average molecular weight is 514 g/mol. The fraction of sp³-hybridized carbons (Fsp3) is 0.261. The van der Waals surface area contributed by atoms with Crippen LogP contribution in [-0.2, 0) is 9.53 Å². The number of fused-ring (bicyclic) bond motifs is 1. The molecule has 2 aliphatic rings. The Balaban J connectivity index is 1.89. The Hall–Kier alpha value is -3.75. The lowest BCUT2D eigenvalue weighted by atomic mass is 9.97. The molecule has 3 heterocycles. The molecule has 0 saturated heterocycles. The SMILES string of the molecule is CCCC1=C(C(=O)OCC)[C@H](c2ccc(-c3ccc(Cl)cc3[N+](=O)[O-])o2)N2C(=N1)SC(C#N)=C2N. The van der Waals surface area contributed by atoms with Gasteiger partial charge in [-0.1, -0.05) is 24.9 Å². The second-order valence-corrected chi connectivity index (χ2v) is 8.96. The number of nitro groups is 1. The number of aliphatic imine (C=N–C) groups is 1. The highest BCUT2D eigenvalue weighted by molar-refractivity contribution is 8.17. The van der Waals surface area contributed by atoms with Crippen LogP contribution in [0.1, 0.15) is 38.5 Å². The van der Waals surface area contributed by atoms with E-state index < -0.39 is 16.9 Å². The van der Waals surface area contributed by atoms with Gasteiger partial charge in [-0.25, -0.2) is 9.79 Å². The largest absolute Gasteiger partial charge is 0.463 e. The highest BCUT2D eigenvalue weighted by Crippen LogP contribution is 2.47. The van der Waals surface area contributed by atoms with Crippen LogP contribution in [0.2, 0.25) is 5.02 Å². The number of allylic oxidation sites excluding steroid dienone is 2. The van der Waals surface area contributed by atoms with Crippen molar-refractivity contribution in [3.05, 3.63) is 73.2 Å². The van der Waals surface area contributed by atoms with Gasteiger partial charge in [0, 0.05) is 11.1 Å². The molecule has 4 rings (SSSR count). The summed E-state index contributed by atoms with van der Waals surface area (Å²) in [4.78, 5) is 30.6. The topological polar surface area (TPSA) is 148 Å². The van der Waals surface area contributed by atoms with E-state index in [2.05, 4.69) is 11.1 Å². The predicted molar refractivity (Wildman–Crippen MR) is 131 cm³/mol. The molecule has 0 aliphatic carbocycles. The smallest absolute Gasteiger partial charge is 0.338 e. The van der Waals surface area contributed by atoms with Gasteiger partial charge in [-0.05, 0) is 49.4 Å². The van der Waals surface area contributed by atoms with Crippen molar-refractivity contribution in [2.45, 2.75) is 32.7 Å². The lowest BCUT2D eigenvalue weighted by molar-refractivity contribution is -0.384. The lowest BCUT2D eigenvalue weighted by Gasteiger charge is -2.33. The number of nitrogens with two attached hydrogens (primary N) is 1. The molecular formula is C23H20ClN5O5S. The first kappa shape index (κ1) is 24.4. The number of halogens is 1. The van der Waals surface area contributed by atoms with Crippen molar-refractivity contribution in [3.63, 3.8) is 0 Å². The van der Waals surface area contributed by atoms with Gasteiger partial charge >= 0.3 is 5.97 Å². The van der Waals surface area contributed by atoms with Crippen molar-refractivity contribution in [1.82, 2.24) is 4.90 Å². The molecule has 0 unspecified atom stereocenters. The second-order valence-electron chi connectivity index (χ2n) is 7.55. The predicted octanol–water partition coefficient (Wildman–Crippen LogP) is 5.24. The van der Waals surface area contributed by atoms with Gasteiger partial charge in [0.1, 0.15) is 34.4 Å². The van der Waals surface area contributed by atoms with Crippen molar-refractivity contribution in [2.75, 3.05) is 6.61 Å². The third-order valence-electron chi connectivity index (χ3n) is 5.37. The van der Waals surface area contributed by atoms with E-state index in [1.807, 2.05) is 6.92 Å². The van der Waals surface area contributed by atoms with Gasteiger partial charge in [-0.3, -0.25) is 15.0 Å². The Morgan fingerprint density at radius 3 is 2.83 bits per heavy atom. The second kappa shape index (κ2) is 9.85. The summed E-state index contributed by atoms with van der Waals surface area (Å²) < 4.78 is 11.4. The zero-order valence-corrected chi connectivity index (χ0v) is 20.4. The summed E-state index contributed by atoms with van der Waals surface area (Å²) in [6.07, 6.45) is 1.20. The molecule has 0 bridgehead atoms. The maximum Gasteiger partial charge on any atom is 0.338 e. The minimum Gasteiger partial charge on any atom is -0.463 e. The van der Waals surface area contributed by atoms with E-state index in [1.54, 1.807) is 24.0 Å². The number of benzene rings is 1. The number of nitriles is 1. The molecule has 1 aromatic heterocycles. The van der Waals surface area contributed by atoms with Gasteiger partial charge in [0.25, 0.3) is 5.69 Å². The highest BCUT2D eigenvalue weighted by Gasteiger charge is 2.44. The number of nitrogens with zero attached hydrogens (tertiary/aromatic N) is 4. The van der Waals surface area contributed by atoms with E-state index >= 15 is 0 Å². The summed E-state index contributed by atoms with van der Waals surface area (Å²) in [6.45, 7) is 3.80. The number of rotatable bonds is 7. The average Bonchev–Trinajstić information content (AvgIpc) is 3.43. The van der Waals surface area contributed by atoms with Crippen LogP contribution >= 0.6 is 23.4 Å². The van der Waals surface area contributed by atoms with Gasteiger partial charge in [0.2, 0.25) is 0 Å². The Morgan fingerprint density at radius 2 is 2.17 bits per heavy atom. The van der Waals surface area contributed by atoms with Gasteiger partial charge in [-0.15, -0.1) is 0 Å². The Morgan fingerprint density at radius 1 is 1.40 bits per heavy atom. The minimum absolute atomic E-state index is 0.133. The zero-order valence-electron chi connectivity index (χ0n) is 18.8. The third-order valence-corrected chi connectivity index (χ3v) is 6.58. The van der Waals surface area contributed by atoms with Gasteiger partial charge in [0.15, 0.2) is 5.17 Å². The number of carbonyl (C=O) groups excluding carboxylic acids is 1. The maximum absolute atomic E-state index is 13.1. The fourth-order valence-electron chi connectivity index (χ4n) is 3.92.